The molecule has 1 amide bonds. The molecular weight excluding hydrogens is 371 g/mol. The van der Waals surface area contributed by atoms with Crippen molar-refractivity contribution in [1.82, 2.24) is 10.2 Å². The normalized spacial score (nSPS) is 10.5. The number of halogens is 2. The highest BCUT2D eigenvalue weighted by atomic mass is 35.5. The molecule has 1 heterocycles. The molecule has 1 N–H and O–H groups in total. The average Bonchev–Trinajstić information content (AvgIpc) is 3.03. The molecule has 0 bridgehead atoms. The molecule has 0 aliphatic rings. The number of benzene rings is 2. The van der Waals surface area contributed by atoms with Crippen LogP contribution in [0.15, 0.2) is 42.5 Å². The van der Waals surface area contributed by atoms with Crippen LogP contribution in [0.4, 0.5) is 15.2 Å². The molecule has 3 aromatic rings. The van der Waals surface area contributed by atoms with Gasteiger partial charge >= 0.3 is 0 Å². The minimum atomic E-state index is -0.587. The molecule has 0 aliphatic heterocycles. The lowest BCUT2D eigenvalue weighted by molar-refractivity contribution is -0.384. The molecule has 0 saturated carbocycles. The Morgan fingerprint density at radius 1 is 1.24 bits per heavy atom. The van der Waals surface area contributed by atoms with Gasteiger partial charge in [-0.15, -0.1) is 10.2 Å². The zero-order valence-corrected chi connectivity index (χ0v) is 13.8. The molecule has 1 aromatic heterocycles. The highest BCUT2D eigenvalue weighted by Gasteiger charge is 2.15. The summed E-state index contributed by atoms with van der Waals surface area (Å²) in [7, 11) is 0. The number of nitrogens with one attached hydrogen (secondary N) is 1. The van der Waals surface area contributed by atoms with Crippen molar-refractivity contribution >= 4 is 39.7 Å². The van der Waals surface area contributed by atoms with E-state index in [1.165, 1.54) is 30.3 Å². The van der Waals surface area contributed by atoms with Gasteiger partial charge in [0.05, 0.1) is 9.95 Å². The summed E-state index contributed by atoms with van der Waals surface area (Å²) in [5.74, 6) is -1.03. The highest BCUT2D eigenvalue weighted by molar-refractivity contribution is 7.18. The first-order chi connectivity index (χ1) is 11.9. The number of carbonyl (C=O) groups is 1. The number of nitro groups is 1. The molecular formula is C15H8ClFN4O3S. The summed E-state index contributed by atoms with van der Waals surface area (Å²) in [4.78, 5) is 22.4. The number of rotatable bonds is 4. The lowest BCUT2D eigenvalue weighted by atomic mass is 10.2. The Morgan fingerprint density at radius 3 is 2.76 bits per heavy atom. The van der Waals surface area contributed by atoms with Crippen molar-refractivity contribution in [2.24, 2.45) is 0 Å². The first-order valence-corrected chi connectivity index (χ1v) is 7.98. The average molecular weight is 379 g/mol. The summed E-state index contributed by atoms with van der Waals surface area (Å²) in [5, 5.41) is 21.8. The first-order valence-electron chi connectivity index (χ1n) is 6.79. The summed E-state index contributed by atoms with van der Waals surface area (Å²) in [6.45, 7) is 0. The zero-order valence-electron chi connectivity index (χ0n) is 12.3. The van der Waals surface area contributed by atoms with Gasteiger partial charge in [0.2, 0.25) is 5.13 Å². The van der Waals surface area contributed by atoms with E-state index in [1.54, 1.807) is 0 Å². The topological polar surface area (TPSA) is 98.0 Å². The van der Waals surface area contributed by atoms with Crippen molar-refractivity contribution < 1.29 is 14.1 Å². The largest absolute Gasteiger partial charge is 0.296 e. The Hall–Kier alpha value is -2.91. The number of hydrogen-bond donors (Lipinski definition) is 1. The minimum absolute atomic E-state index is 0.116. The van der Waals surface area contributed by atoms with Crippen LogP contribution in [-0.4, -0.2) is 21.0 Å². The molecule has 2 aromatic carbocycles. The summed E-state index contributed by atoms with van der Waals surface area (Å²) in [6, 6.07) is 9.16. The molecule has 126 valence electrons. The quantitative estimate of drug-likeness (QED) is 0.543. The number of nitrogens with zero attached hydrogens (tertiary/aromatic N) is 3. The maximum absolute atomic E-state index is 13.1. The van der Waals surface area contributed by atoms with Gasteiger partial charge in [0, 0.05) is 23.3 Å². The van der Waals surface area contributed by atoms with Crippen LogP contribution >= 0.6 is 22.9 Å². The van der Waals surface area contributed by atoms with Gasteiger partial charge in [0.25, 0.3) is 11.6 Å². The SMILES string of the molecule is O=C(Nc1nnc(-c2ccc(F)cc2Cl)s1)c1cccc([N+](=O)[O-])c1. The zero-order chi connectivity index (χ0) is 18.0. The van der Waals surface area contributed by atoms with Crippen LogP contribution in [0.2, 0.25) is 5.02 Å². The lowest BCUT2D eigenvalue weighted by Crippen LogP contribution is -2.11. The van der Waals surface area contributed by atoms with E-state index in [1.807, 2.05) is 0 Å². The van der Waals surface area contributed by atoms with Crippen molar-refractivity contribution in [2.45, 2.75) is 0 Å². The first kappa shape index (κ1) is 16.9. The molecule has 0 unspecified atom stereocenters. The molecule has 3 rings (SSSR count). The van der Waals surface area contributed by atoms with Crippen LogP contribution in [0, 0.1) is 15.9 Å². The van der Waals surface area contributed by atoms with Crippen LogP contribution < -0.4 is 5.32 Å². The van der Waals surface area contributed by atoms with Gasteiger partial charge in [-0.3, -0.25) is 20.2 Å². The predicted molar refractivity (Wildman–Crippen MR) is 91.4 cm³/mol. The fraction of sp³-hybridized carbons (Fsp3) is 0. The van der Waals surface area contributed by atoms with Crippen molar-refractivity contribution in [1.29, 1.82) is 0 Å². The van der Waals surface area contributed by atoms with E-state index in [2.05, 4.69) is 15.5 Å². The predicted octanol–water partition coefficient (Wildman–Crippen LogP) is 4.16. The number of non-ortho nitro benzene ring substituents is 1. The lowest BCUT2D eigenvalue weighted by Gasteiger charge is -2.01. The van der Waals surface area contributed by atoms with E-state index in [0.29, 0.717) is 10.6 Å². The second-order valence-electron chi connectivity index (χ2n) is 4.80. The fourth-order valence-electron chi connectivity index (χ4n) is 1.98. The Labute approximate surface area is 149 Å². The van der Waals surface area contributed by atoms with Crippen molar-refractivity contribution in [2.75, 3.05) is 5.32 Å². The second kappa shape index (κ2) is 6.91. The van der Waals surface area contributed by atoms with E-state index >= 15 is 0 Å². The standard InChI is InChI=1S/C15H8ClFN4O3S/c16-12-7-9(17)4-5-11(12)14-19-20-15(25-14)18-13(22)8-2-1-3-10(6-8)21(23)24/h1-7H,(H,18,20,22). The number of carbonyl (C=O) groups excluding carboxylic acids is 1. The van der Waals surface area contributed by atoms with Gasteiger partial charge in [0.1, 0.15) is 5.82 Å². The molecule has 0 aliphatic carbocycles. The second-order valence-corrected chi connectivity index (χ2v) is 6.18. The van der Waals surface area contributed by atoms with Gasteiger partial charge in [-0.2, -0.15) is 0 Å². The Balaban J connectivity index is 1.80. The van der Waals surface area contributed by atoms with Crippen molar-refractivity contribution in [3.63, 3.8) is 0 Å². The number of aromatic nitrogens is 2. The van der Waals surface area contributed by atoms with Crippen LogP contribution in [0.1, 0.15) is 10.4 Å². The Bertz CT molecular complexity index is 979. The maximum Gasteiger partial charge on any atom is 0.270 e. The minimum Gasteiger partial charge on any atom is -0.296 e. The maximum atomic E-state index is 13.1. The third kappa shape index (κ3) is 3.78. The van der Waals surface area contributed by atoms with Gasteiger partial charge in [-0.05, 0) is 24.3 Å². The number of hydrogen-bond acceptors (Lipinski definition) is 6. The molecule has 0 atom stereocenters. The molecule has 10 heteroatoms. The summed E-state index contributed by atoms with van der Waals surface area (Å²) >= 11 is 7.01. The van der Waals surface area contributed by atoms with E-state index in [-0.39, 0.29) is 21.4 Å². The summed E-state index contributed by atoms with van der Waals surface area (Å²) in [6.07, 6.45) is 0. The third-order valence-corrected chi connectivity index (χ3v) is 4.31. The van der Waals surface area contributed by atoms with Crippen LogP contribution in [0.5, 0.6) is 0 Å². The van der Waals surface area contributed by atoms with Gasteiger partial charge in [-0.25, -0.2) is 4.39 Å². The molecule has 0 spiro atoms. The van der Waals surface area contributed by atoms with Crippen molar-refractivity contribution in [3.05, 3.63) is 69.0 Å². The van der Waals surface area contributed by atoms with Gasteiger partial charge in [-0.1, -0.05) is 29.0 Å². The number of anilines is 1. The number of nitro benzene ring substituents is 1. The monoisotopic (exact) mass is 378 g/mol. The van der Waals surface area contributed by atoms with Gasteiger partial charge in [0.15, 0.2) is 5.01 Å². The molecule has 0 fully saturated rings. The van der Waals surface area contributed by atoms with E-state index in [0.717, 1.165) is 23.5 Å². The summed E-state index contributed by atoms with van der Waals surface area (Å²) < 4.78 is 13.1. The van der Waals surface area contributed by atoms with Crippen LogP contribution in [0.25, 0.3) is 10.6 Å². The Kier molecular flexibility index (Phi) is 4.68. The highest BCUT2D eigenvalue weighted by Crippen LogP contribution is 2.32. The van der Waals surface area contributed by atoms with Crippen molar-refractivity contribution in [3.8, 4) is 10.6 Å². The Morgan fingerprint density at radius 2 is 2.04 bits per heavy atom. The van der Waals surface area contributed by atoms with E-state index in [4.69, 9.17) is 11.6 Å². The van der Waals surface area contributed by atoms with Crippen LogP contribution in [-0.2, 0) is 0 Å². The smallest absolute Gasteiger partial charge is 0.270 e. The third-order valence-electron chi connectivity index (χ3n) is 3.13. The molecule has 7 nitrogen and oxygen atoms in total. The van der Waals surface area contributed by atoms with E-state index in [9.17, 15) is 19.3 Å². The van der Waals surface area contributed by atoms with E-state index < -0.39 is 16.6 Å². The molecule has 25 heavy (non-hydrogen) atoms. The van der Waals surface area contributed by atoms with Gasteiger partial charge < -0.3 is 0 Å². The molecule has 0 radical (unpaired) electrons. The summed E-state index contributed by atoms with van der Waals surface area (Å²) in [5.41, 5.74) is 0.408. The van der Waals surface area contributed by atoms with Crippen LogP contribution in [0.3, 0.4) is 0 Å². The fourth-order valence-corrected chi connectivity index (χ4v) is 3.07. The molecule has 0 saturated heterocycles. The number of amides is 1.